The molecule has 1 aliphatic rings. The predicted octanol–water partition coefficient (Wildman–Crippen LogP) is 2.92. The van der Waals surface area contributed by atoms with E-state index in [1.807, 2.05) is 17.9 Å². The zero-order chi connectivity index (χ0) is 12.4. The molecule has 1 saturated heterocycles. The molecule has 0 aliphatic carbocycles. The number of rotatable bonds is 1. The predicted molar refractivity (Wildman–Crippen MR) is 68.3 cm³/mol. The monoisotopic (exact) mass is 252 g/mol. The van der Waals surface area contributed by atoms with E-state index in [-0.39, 0.29) is 5.91 Å². The Labute approximate surface area is 107 Å². The Morgan fingerprint density at radius 3 is 2.65 bits per heavy atom. The number of hydrogen-bond acceptors (Lipinski definition) is 2. The van der Waals surface area contributed by atoms with Crippen molar-refractivity contribution in [3.05, 3.63) is 28.5 Å². The standard InChI is InChI=1S/C13H17ClN2O/c1-9-5-7-16(8-6-9)13(17)11-4-3-10(2)15-12(11)14/h3-4,9H,5-8H2,1-2H3. The lowest BCUT2D eigenvalue weighted by molar-refractivity contribution is 0.0697. The third-order valence-electron chi connectivity index (χ3n) is 3.29. The number of aryl methyl sites for hydroxylation is 1. The second kappa shape index (κ2) is 5.05. The fraction of sp³-hybridized carbons (Fsp3) is 0.538. The number of hydrogen-bond donors (Lipinski definition) is 0. The van der Waals surface area contributed by atoms with Crippen molar-refractivity contribution in [3.63, 3.8) is 0 Å². The molecule has 0 unspecified atom stereocenters. The van der Waals surface area contributed by atoms with E-state index in [4.69, 9.17) is 11.6 Å². The van der Waals surface area contributed by atoms with Crippen LogP contribution in [-0.2, 0) is 0 Å². The van der Waals surface area contributed by atoms with Crippen molar-refractivity contribution in [1.82, 2.24) is 9.88 Å². The van der Waals surface area contributed by atoms with Crippen LogP contribution in [0.5, 0.6) is 0 Å². The second-order valence-electron chi connectivity index (χ2n) is 4.77. The van der Waals surface area contributed by atoms with Gasteiger partial charge in [-0.2, -0.15) is 0 Å². The van der Waals surface area contributed by atoms with E-state index in [0.29, 0.717) is 16.6 Å². The van der Waals surface area contributed by atoms with Crippen LogP contribution in [0.3, 0.4) is 0 Å². The van der Waals surface area contributed by atoms with Gasteiger partial charge in [0, 0.05) is 18.8 Å². The van der Waals surface area contributed by atoms with Crippen LogP contribution in [0.2, 0.25) is 5.15 Å². The van der Waals surface area contributed by atoms with E-state index in [1.54, 1.807) is 6.07 Å². The quantitative estimate of drug-likeness (QED) is 0.720. The maximum atomic E-state index is 12.2. The molecule has 2 rings (SSSR count). The highest BCUT2D eigenvalue weighted by Crippen LogP contribution is 2.21. The van der Waals surface area contributed by atoms with Crippen LogP contribution >= 0.6 is 11.6 Å². The van der Waals surface area contributed by atoms with Gasteiger partial charge in [0.2, 0.25) is 0 Å². The average Bonchev–Trinajstić information content (AvgIpc) is 2.29. The highest BCUT2D eigenvalue weighted by atomic mass is 35.5. The molecule has 0 bridgehead atoms. The van der Waals surface area contributed by atoms with Crippen molar-refractivity contribution in [1.29, 1.82) is 0 Å². The van der Waals surface area contributed by atoms with Crippen LogP contribution in [0.15, 0.2) is 12.1 Å². The topological polar surface area (TPSA) is 33.2 Å². The number of halogens is 1. The third-order valence-corrected chi connectivity index (χ3v) is 3.58. The minimum atomic E-state index is 0.00870. The number of pyridine rings is 1. The van der Waals surface area contributed by atoms with Gasteiger partial charge >= 0.3 is 0 Å². The molecule has 1 amide bonds. The summed E-state index contributed by atoms with van der Waals surface area (Å²) in [5, 5.41) is 0.314. The smallest absolute Gasteiger partial charge is 0.256 e. The highest BCUT2D eigenvalue weighted by Gasteiger charge is 2.23. The molecule has 3 nitrogen and oxygen atoms in total. The third kappa shape index (κ3) is 2.78. The lowest BCUT2D eigenvalue weighted by atomic mass is 9.99. The molecule has 1 aliphatic heterocycles. The Kier molecular flexibility index (Phi) is 3.67. The van der Waals surface area contributed by atoms with Crippen LogP contribution in [0.1, 0.15) is 35.8 Å². The Hall–Kier alpha value is -1.09. The van der Waals surface area contributed by atoms with Crippen molar-refractivity contribution in [2.24, 2.45) is 5.92 Å². The molecule has 2 heterocycles. The summed E-state index contributed by atoms with van der Waals surface area (Å²) in [4.78, 5) is 18.2. The van der Waals surface area contributed by atoms with Crippen LogP contribution in [0.25, 0.3) is 0 Å². The van der Waals surface area contributed by atoms with Gasteiger partial charge in [0.15, 0.2) is 0 Å². The van der Waals surface area contributed by atoms with Crippen LogP contribution < -0.4 is 0 Å². The Morgan fingerprint density at radius 2 is 2.06 bits per heavy atom. The summed E-state index contributed by atoms with van der Waals surface area (Å²) >= 11 is 6.01. The molecule has 0 radical (unpaired) electrons. The summed E-state index contributed by atoms with van der Waals surface area (Å²) in [7, 11) is 0. The Balaban J connectivity index is 2.14. The zero-order valence-corrected chi connectivity index (χ0v) is 11.0. The summed E-state index contributed by atoms with van der Waals surface area (Å²) in [5.74, 6) is 0.722. The van der Waals surface area contributed by atoms with Crippen molar-refractivity contribution < 1.29 is 4.79 Å². The number of nitrogens with zero attached hydrogens (tertiary/aromatic N) is 2. The van der Waals surface area contributed by atoms with E-state index in [0.717, 1.165) is 31.6 Å². The fourth-order valence-corrected chi connectivity index (χ4v) is 2.34. The van der Waals surface area contributed by atoms with Gasteiger partial charge in [-0.25, -0.2) is 4.98 Å². The van der Waals surface area contributed by atoms with Gasteiger partial charge in [0.05, 0.1) is 5.56 Å². The number of piperidine rings is 1. The molecule has 1 aromatic rings. The van der Waals surface area contributed by atoms with E-state index in [1.165, 1.54) is 0 Å². The molecule has 4 heteroatoms. The number of likely N-dealkylation sites (tertiary alicyclic amines) is 1. The maximum absolute atomic E-state index is 12.2. The molecule has 0 aromatic carbocycles. The summed E-state index contributed by atoms with van der Waals surface area (Å²) in [6.45, 7) is 5.74. The van der Waals surface area contributed by atoms with E-state index in [2.05, 4.69) is 11.9 Å². The fourth-order valence-electron chi connectivity index (χ4n) is 2.07. The number of carbonyl (C=O) groups excluding carboxylic acids is 1. The van der Waals surface area contributed by atoms with Gasteiger partial charge in [-0.3, -0.25) is 4.79 Å². The van der Waals surface area contributed by atoms with Gasteiger partial charge in [-0.15, -0.1) is 0 Å². The lowest BCUT2D eigenvalue weighted by Gasteiger charge is -2.30. The number of aromatic nitrogens is 1. The minimum Gasteiger partial charge on any atom is -0.339 e. The molecule has 1 aromatic heterocycles. The molecular weight excluding hydrogens is 236 g/mol. The van der Waals surface area contributed by atoms with E-state index >= 15 is 0 Å². The zero-order valence-electron chi connectivity index (χ0n) is 10.2. The van der Waals surface area contributed by atoms with Crippen molar-refractivity contribution in [2.45, 2.75) is 26.7 Å². The van der Waals surface area contributed by atoms with Crippen LogP contribution in [0, 0.1) is 12.8 Å². The van der Waals surface area contributed by atoms with E-state index < -0.39 is 0 Å². The number of amides is 1. The first-order valence-corrected chi connectivity index (χ1v) is 6.38. The summed E-state index contributed by atoms with van der Waals surface area (Å²) in [6, 6.07) is 3.59. The van der Waals surface area contributed by atoms with Gasteiger partial charge in [-0.1, -0.05) is 18.5 Å². The minimum absolute atomic E-state index is 0.00870. The molecule has 0 spiro atoms. The van der Waals surface area contributed by atoms with Crippen LogP contribution in [0.4, 0.5) is 0 Å². The largest absolute Gasteiger partial charge is 0.339 e. The molecule has 0 saturated carbocycles. The first-order chi connectivity index (χ1) is 8.08. The van der Waals surface area contributed by atoms with Gasteiger partial charge < -0.3 is 4.90 Å². The van der Waals surface area contributed by atoms with Crippen molar-refractivity contribution in [2.75, 3.05) is 13.1 Å². The summed E-state index contributed by atoms with van der Waals surface area (Å²) in [5.41, 5.74) is 1.35. The lowest BCUT2D eigenvalue weighted by Crippen LogP contribution is -2.38. The molecule has 1 fully saturated rings. The molecular formula is C13H17ClN2O. The van der Waals surface area contributed by atoms with Crippen molar-refractivity contribution >= 4 is 17.5 Å². The SMILES string of the molecule is Cc1ccc(C(=O)N2CCC(C)CC2)c(Cl)n1. The van der Waals surface area contributed by atoms with Gasteiger partial charge in [0.25, 0.3) is 5.91 Å². The maximum Gasteiger partial charge on any atom is 0.256 e. The molecule has 0 N–H and O–H groups in total. The van der Waals surface area contributed by atoms with Gasteiger partial charge in [0.1, 0.15) is 5.15 Å². The summed E-state index contributed by atoms with van der Waals surface area (Å²) in [6.07, 6.45) is 2.14. The molecule has 92 valence electrons. The number of carbonyl (C=O) groups is 1. The first-order valence-electron chi connectivity index (χ1n) is 6.00. The first kappa shape index (κ1) is 12.4. The summed E-state index contributed by atoms with van der Waals surface area (Å²) < 4.78 is 0. The Morgan fingerprint density at radius 1 is 1.41 bits per heavy atom. The average molecular weight is 253 g/mol. The van der Waals surface area contributed by atoms with Crippen molar-refractivity contribution in [3.8, 4) is 0 Å². The molecule has 17 heavy (non-hydrogen) atoms. The second-order valence-corrected chi connectivity index (χ2v) is 5.12. The molecule has 0 atom stereocenters. The van der Waals surface area contributed by atoms with E-state index in [9.17, 15) is 4.79 Å². The van der Waals surface area contributed by atoms with Gasteiger partial charge in [-0.05, 0) is 37.8 Å². The normalized spacial score (nSPS) is 17.2. The Bertz CT molecular complexity index is 425. The highest BCUT2D eigenvalue weighted by molar-refractivity contribution is 6.32. The van der Waals surface area contributed by atoms with Crippen LogP contribution in [-0.4, -0.2) is 28.9 Å².